The minimum Gasteiger partial charge on any atom is -0.477 e. The molecule has 33 N–H and O–H groups in total. The van der Waals surface area contributed by atoms with E-state index in [1.165, 1.54) is 6.92 Å². The SMILES string of the molecule is CC(=O)N[C@@H]1[C@@H](O)[C@H](O[C@@H]2O[C@H](CO)[C@@H](O[C@@H]3O[C@H](CO[C@H]4O[C@H](CO)[C@@H](O)[C@H](O)[C@@H]4O[C@@H]4O[C@H](CO)[C@@H](O[C@@H]5O[C@H](CO[C@]6(C(=O)O)C[C@H](O)[C@@H](NC(C)=O)[C@H]([C@H](O)[C@H](O)CO)O6)[C@H](O)[C@H](O)[C@H]5O)[C@H](O)[C@H]4NC(C)=O)[C@@H](O)[C@H](O[C@H]4O[C@H](CO)[C@@H](O)[C@H](O)[C@@H]4O[C@@H]4O[C@H](CO)[C@@H](O)[C@H](O)[C@H]4NC(C)=O)[C@@H]3O)[C@H](O)[C@H]2NC(C)=O)[C@@H](CO[C@@H]2O[C@@H](C)[C@@H](O)[C@@H](O)[C@@H]2O)O[C@H]1O. The zero-order chi connectivity index (χ0) is 96.9. The lowest BCUT2D eigenvalue weighted by Gasteiger charge is -2.51. The molecule has 756 valence electrons. The molecule has 10 fully saturated rings. The summed E-state index contributed by atoms with van der Waals surface area (Å²) < 4.78 is 113. The topological polar surface area (TPSA) is 904 Å². The Bertz CT molecular complexity index is 3670. The first kappa shape index (κ1) is 108. The molecule has 0 spiro atoms. The van der Waals surface area contributed by atoms with Crippen LogP contribution in [0.25, 0.3) is 0 Å². The molecule has 58 heteroatoms. The second-order valence-corrected chi connectivity index (χ2v) is 33.2. The normalized spacial score (nSPS) is 47.5. The minimum absolute atomic E-state index is 0.846. The summed E-state index contributed by atoms with van der Waals surface area (Å²) in [4.78, 5) is 76.7. The number of ether oxygens (including phenoxy) is 19. The van der Waals surface area contributed by atoms with E-state index in [-0.39, 0.29) is 0 Å². The molecular formula is C73H121N5O53. The molecule has 58 nitrogen and oxygen atoms in total. The molecule has 10 saturated heterocycles. The number of rotatable bonds is 35. The van der Waals surface area contributed by atoms with Crippen molar-refractivity contribution in [1.82, 2.24) is 26.6 Å². The zero-order valence-corrected chi connectivity index (χ0v) is 70.7. The third-order valence-electron chi connectivity index (χ3n) is 23.8. The molecule has 0 aromatic rings. The van der Waals surface area contributed by atoms with E-state index >= 15 is 0 Å². The van der Waals surface area contributed by atoms with Crippen LogP contribution < -0.4 is 26.6 Å². The number of aliphatic hydroxyl groups is 27. The average molecular weight is 1920 g/mol. The molecule has 10 aliphatic heterocycles. The first-order chi connectivity index (χ1) is 61.7. The molecule has 5 amide bonds. The largest absolute Gasteiger partial charge is 0.477 e. The summed E-state index contributed by atoms with van der Waals surface area (Å²) in [5.74, 6) is -9.78. The van der Waals surface area contributed by atoms with E-state index in [1.54, 1.807) is 0 Å². The lowest BCUT2D eigenvalue weighted by Crippen LogP contribution is -2.71. The Kier molecular flexibility index (Phi) is 38.4. The Labute approximate surface area is 741 Å². The van der Waals surface area contributed by atoms with Gasteiger partial charge in [0.25, 0.3) is 5.79 Å². The lowest BCUT2D eigenvalue weighted by molar-refractivity contribution is -0.397. The Hall–Kier alpha value is -5.02. The number of carbonyl (C=O) groups excluding carboxylic acids is 5. The van der Waals surface area contributed by atoms with Crippen LogP contribution in [0.1, 0.15) is 48.0 Å². The van der Waals surface area contributed by atoms with Crippen molar-refractivity contribution in [2.24, 2.45) is 0 Å². The van der Waals surface area contributed by atoms with E-state index in [0.717, 1.165) is 34.6 Å². The molecule has 0 bridgehead atoms. The van der Waals surface area contributed by atoms with Gasteiger partial charge >= 0.3 is 5.97 Å². The molecule has 0 saturated carbocycles. The zero-order valence-electron chi connectivity index (χ0n) is 70.7. The first-order valence-electron chi connectivity index (χ1n) is 41.6. The van der Waals surface area contributed by atoms with Crippen LogP contribution >= 0.6 is 0 Å². The quantitative estimate of drug-likeness (QED) is 0.0280. The van der Waals surface area contributed by atoms with E-state index in [2.05, 4.69) is 26.6 Å². The molecule has 131 heavy (non-hydrogen) atoms. The van der Waals surface area contributed by atoms with Crippen molar-refractivity contribution < 1.29 is 262 Å². The summed E-state index contributed by atoms with van der Waals surface area (Å²) in [5.41, 5.74) is 0. The molecule has 0 aromatic heterocycles. The van der Waals surface area contributed by atoms with Crippen molar-refractivity contribution in [3.05, 3.63) is 0 Å². The summed E-state index contributed by atoms with van der Waals surface area (Å²) in [6.45, 7) is -4.48. The van der Waals surface area contributed by atoms with Crippen molar-refractivity contribution in [3.63, 3.8) is 0 Å². The van der Waals surface area contributed by atoms with Gasteiger partial charge < -0.3 is 260 Å². The number of carbonyl (C=O) groups is 6. The van der Waals surface area contributed by atoms with Gasteiger partial charge in [-0.2, -0.15) is 0 Å². The number of aliphatic carboxylic acids is 1. The van der Waals surface area contributed by atoms with Gasteiger partial charge in [0.05, 0.1) is 77.7 Å². The van der Waals surface area contributed by atoms with Gasteiger partial charge in [-0.05, 0) is 6.92 Å². The van der Waals surface area contributed by atoms with Gasteiger partial charge in [0, 0.05) is 41.0 Å². The van der Waals surface area contributed by atoms with Gasteiger partial charge in [0.2, 0.25) is 29.5 Å². The van der Waals surface area contributed by atoms with Crippen molar-refractivity contribution >= 4 is 35.5 Å². The predicted molar refractivity (Wildman–Crippen MR) is 403 cm³/mol. The highest BCUT2D eigenvalue weighted by molar-refractivity contribution is 5.77. The molecule has 0 aromatic carbocycles. The van der Waals surface area contributed by atoms with Gasteiger partial charge in [-0.3, -0.25) is 24.0 Å². The van der Waals surface area contributed by atoms with Gasteiger partial charge in [0.15, 0.2) is 56.6 Å². The van der Waals surface area contributed by atoms with Crippen molar-refractivity contribution in [2.45, 2.75) is 360 Å². The molecule has 10 heterocycles. The lowest BCUT2D eigenvalue weighted by atomic mass is 9.88. The number of aliphatic hydroxyl groups excluding tert-OH is 27. The molecule has 0 unspecified atom stereocenters. The van der Waals surface area contributed by atoms with Crippen molar-refractivity contribution in [2.75, 3.05) is 59.5 Å². The fourth-order valence-corrected chi connectivity index (χ4v) is 16.8. The fourth-order valence-electron chi connectivity index (χ4n) is 16.8. The van der Waals surface area contributed by atoms with Gasteiger partial charge in [0.1, 0.15) is 232 Å². The van der Waals surface area contributed by atoms with Crippen molar-refractivity contribution in [3.8, 4) is 0 Å². The third kappa shape index (κ3) is 24.3. The third-order valence-corrected chi connectivity index (χ3v) is 23.8. The Morgan fingerprint density at radius 1 is 0.328 bits per heavy atom. The minimum atomic E-state index is -3.09. The Balaban J connectivity index is 0.948. The number of carboxylic acid groups (broad SMARTS) is 1. The molecular weight excluding hydrogens is 1790 g/mol. The summed E-state index contributed by atoms with van der Waals surface area (Å²) >= 11 is 0. The summed E-state index contributed by atoms with van der Waals surface area (Å²) in [7, 11) is 0. The maximum atomic E-state index is 13.3. The van der Waals surface area contributed by atoms with E-state index in [4.69, 9.17) is 90.0 Å². The van der Waals surface area contributed by atoms with Crippen LogP contribution in [0.5, 0.6) is 0 Å². The van der Waals surface area contributed by atoms with Gasteiger partial charge in [-0.15, -0.1) is 0 Å². The molecule has 10 aliphatic rings. The monoisotopic (exact) mass is 1920 g/mol. The maximum absolute atomic E-state index is 13.3. The van der Waals surface area contributed by atoms with Crippen LogP contribution in [0.4, 0.5) is 0 Å². The van der Waals surface area contributed by atoms with Gasteiger partial charge in [-0.1, -0.05) is 0 Å². The highest BCUT2D eigenvalue weighted by Crippen LogP contribution is 2.42. The Morgan fingerprint density at radius 2 is 0.679 bits per heavy atom. The number of amides is 5. The number of hydrogen-bond acceptors (Lipinski definition) is 52. The van der Waals surface area contributed by atoms with E-state index < -0.39 is 414 Å². The molecule has 10 rings (SSSR count). The fraction of sp³-hybridized carbons (Fsp3) is 0.918. The predicted octanol–water partition coefficient (Wildman–Crippen LogP) is -21.9. The second-order valence-electron chi connectivity index (χ2n) is 33.2. The number of nitrogens with one attached hydrogen (secondary N) is 5. The summed E-state index contributed by atoms with van der Waals surface area (Å²) in [6.07, 6.45) is -97.2. The maximum Gasteiger partial charge on any atom is 0.364 e. The van der Waals surface area contributed by atoms with E-state index in [9.17, 15) is 172 Å². The van der Waals surface area contributed by atoms with Crippen LogP contribution in [0, 0.1) is 0 Å². The highest BCUT2D eigenvalue weighted by atomic mass is 16.8. The molecule has 0 aliphatic carbocycles. The Morgan fingerprint density at radius 3 is 1.16 bits per heavy atom. The molecule has 0 radical (unpaired) electrons. The average Bonchev–Trinajstić information content (AvgIpc) is 0.767. The number of hydrogen-bond donors (Lipinski definition) is 33. The van der Waals surface area contributed by atoms with Gasteiger partial charge in [-0.25, -0.2) is 4.79 Å². The standard InChI is InChI=1S/C73H121N5O53/c1-17-38(92)49(103)53(107)67(116-17)113-15-32-58(46(100)34(63(110)117-32)75-19(3)86)125-65-36(77-21(5)88)47(101)57(29(13-84)121-65)127-69-55(109)60(128-71-62(52(106)42(96)27(11-82)120-71)130-64-35(76-20(4)87)45(99)40(94)25(9-80)118-64)44(98)30(123-69)14-114-70-61(51(105)41(95)26(10-81)119-70)129-66-37(78-22(6)89)48(102)56(28(12-83)122-66)126-68-54(108)50(104)43(97)31(124-68)16-115-73(72(111)112)7-23(90)33(74-18(2)85)59(131-73)39(93)24(91)8-79/h17,23-71,79-84,90-110H,7-16H2,1-6H3,(H,74,85)(H,75,86)(H,76,87)(H,77,88)(H,78,89)(H,111,112)/t17-,23-,24+,25+,26+,27+,28+,29+,30+,31+,32+,33+,34+,35+,36+,37+,38+,39+,40+,41+,42+,43-,44+,45+,46+,47+,48+,49+,50-,51-,52-,53-,54+,55-,56+,57+,58+,59+,60-,61-,62-,63+,64-,65-,66-,67+,68-,69-,70-,71+,73+/m0/s1. The highest BCUT2D eigenvalue weighted by Gasteiger charge is 2.63. The van der Waals surface area contributed by atoms with Crippen LogP contribution in [0.15, 0.2) is 0 Å². The molecule has 51 atom stereocenters. The summed E-state index contributed by atoms with van der Waals surface area (Å²) in [5, 5.41) is 325. The van der Waals surface area contributed by atoms with Crippen molar-refractivity contribution in [1.29, 1.82) is 0 Å². The van der Waals surface area contributed by atoms with Crippen LogP contribution in [-0.2, 0) is 119 Å². The second kappa shape index (κ2) is 46.6. The van der Waals surface area contributed by atoms with E-state index in [0.29, 0.717) is 0 Å². The van der Waals surface area contributed by atoms with Crippen LogP contribution in [0.3, 0.4) is 0 Å². The number of carboxylic acids is 1. The van der Waals surface area contributed by atoms with Crippen LogP contribution in [0.2, 0.25) is 0 Å². The van der Waals surface area contributed by atoms with E-state index in [1.807, 2.05) is 0 Å². The van der Waals surface area contributed by atoms with Crippen LogP contribution in [-0.4, -0.2) is 550 Å². The first-order valence-corrected chi connectivity index (χ1v) is 41.6. The summed E-state index contributed by atoms with van der Waals surface area (Å²) in [6, 6.07) is -9.38. The smallest absolute Gasteiger partial charge is 0.364 e.